The summed E-state index contributed by atoms with van der Waals surface area (Å²) in [5.74, 6) is 1.06. The fourth-order valence-corrected chi connectivity index (χ4v) is 3.28. The normalized spacial score (nSPS) is 21.5. The molecular weight excluding hydrogens is 316 g/mol. The van der Waals surface area contributed by atoms with Crippen LogP contribution in [0.25, 0.3) is 0 Å². The molecule has 128 valence electrons. The Hall–Kier alpha value is -1.30. The molecule has 1 aliphatic rings. The van der Waals surface area contributed by atoms with Crippen LogP contribution >= 0.6 is 11.6 Å². The molecule has 1 aromatic rings. The van der Waals surface area contributed by atoms with Crippen molar-refractivity contribution in [1.82, 2.24) is 9.80 Å². The highest BCUT2D eigenvalue weighted by molar-refractivity contribution is 6.30. The molecular formula is C17H25ClN2O3. The molecule has 1 N–H and O–H groups in total. The number of likely N-dealkylation sites (tertiary alicyclic amines) is 1. The molecule has 1 saturated heterocycles. The molecule has 1 heterocycles. The summed E-state index contributed by atoms with van der Waals surface area (Å²) >= 11 is 5.91. The van der Waals surface area contributed by atoms with E-state index in [0.717, 1.165) is 13.0 Å². The molecule has 0 bridgehead atoms. The molecule has 1 aliphatic heterocycles. The number of hydrogen-bond donors (Lipinski definition) is 1. The molecule has 5 nitrogen and oxygen atoms in total. The van der Waals surface area contributed by atoms with E-state index in [1.54, 1.807) is 24.3 Å². The number of benzene rings is 1. The van der Waals surface area contributed by atoms with Gasteiger partial charge in [0, 0.05) is 31.3 Å². The molecule has 0 radical (unpaired) electrons. The number of amides is 1. The summed E-state index contributed by atoms with van der Waals surface area (Å²) in [6.07, 6.45) is 0.952. The smallest absolute Gasteiger partial charge is 0.260 e. The van der Waals surface area contributed by atoms with Crippen LogP contribution < -0.4 is 4.74 Å². The van der Waals surface area contributed by atoms with Crippen molar-refractivity contribution < 1.29 is 14.6 Å². The van der Waals surface area contributed by atoms with Crippen molar-refractivity contribution in [2.24, 2.45) is 11.8 Å². The third-order valence-electron chi connectivity index (χ3n) is 4.02. The minimum atomic E-state index is -0.0492. The molecule has 1 aromatic carbocycles. The van der Waals surface area contributed by atoms with Gasteiger partial charge >= 0.3 is 0 Å². The lowest BCUT2D eigenvalue weighted by atomic mass is 9.89. The standard InChI is InChI=1S/C17H25ClN2O3/c1-19(2)8-13-6-14(11-21)10-20(9-13)17(22)12-23-16-5-3-4-15(18)7-16/h3-5,7,13-14,21H,6,8-12H2,1-2H3/t13-,14+/m1/s1. The maximum absolute atomic E-state index is 12.4. The SMILES string of the molecule is CN(C)C[C@H]1C[C@H](CO)CN(C(=O)COc2cccc(Cl)c2)C1. The van der Waals surface area contributed by atoms with Gasteiger partial charge in [-0.2, -0.15) is 0 Å². The summed E-state index contributed by atoms with van der Waals surface area (Å²) in [7, 11) is 4.05. The van der Waals surface area contributed by atoms with Crippen molar-refractivity contribution in [2.75, 3.05) is 46.9 Å². The number of aliphatic hydroxyl groups excluding tert-OH is 1. The molecule has 23 heavy (non-hydrogen) atoms. The zero-order chi connectivity index (χ0) is 16.8. The Morgan fingerprint density at radius 1 is 1.39 bits per heavy atom. The minimum absolute atomic E-state index is 0.00677. The summed E-state index contributed by atoms with van der Waals surface area (Å²) in [6.45, 7) is 2.33. The van der Waals surface area contributed by atoms with E-state index < -0.39 is 0 Å². The lowest BCUT2D eigenvalue weighted by Crippen LogP contribution is -2.48. The van der Waals surface area contributed by atoms with Crippen LogP contribution in [0.5, 0.6) is 5.75 Å². The van der Waals surface area contributed by atoms with Crippen LogP contribution in [-0.4, -0.2) is 67.8 Å². The summed E-state index contributed by atoms with van der Waals surface area (Å²) in [4.78, 5) is 16.4. The fourth-order valence-electron chi connectivity index (χ4n) is 3.10. The largest absolute Gasteiger partial charge is 0.484 e. The van der Waals surface area contributed by atoms with Gasteiger partial charge in [0.25, 0.3) is 5.91 Å². The number of carbonyl (C=O) groups excluding carboxylic acids is 1. The Morgan fingerprint density at radius 2 is 2.13 bits per heavy atom. The predicted molar refractivity (Wildman–Crippen MR) is 90.8 cm³/mol. The second-order valence-corrected chi connectivity index (χ2v) is 6.89. The molecule has 6 heteroatoms. The molecule has 0 aliphatic carbocycles. The lowest BCUT2D eigenvalue weighted by Gasteiger charge is -2.38. The second-order valence-electron chi connectivity index (χ2n) is 6.46. The van der Waals surface area contributed by atoms with Gasteiger partial charge in [-0.1, -0.05) is 17.7 Å². The van der Waals surface area contributed by atoms with Gasteiger partial charge in [0.2, 0.25) is 0 Å². The molecule has 0 spiro atoms. The average molecular weight is 341 g/mol. The van der Waals surface area contributed by atoms with E-state index in [1.165, 1.54) is 0 Å². The maximum Gasteiger partial charge on any atom is 0.260 e. The highest BCUT2D eigenvalue weighted by atomic mass is 35.5. The van der Waals surface area contributed by atoms with Crippen molar-refractivity contribution in [1.29, 1.82) is 0 Å². The van der Waals surface area contributed by atoms with Crippen LogP contribution in [0.3, 0.4) is 0 Å². The van der Waals surface area contributed by atoms with Gasteiger partial charge < -0.3 is 19.6 Å². The van der Waals surface area contributed by atoms with E-state index in [1.807, 2.05) is 19.0 Å². The highest BCUT2D eigenvalue weighted by Crippen LogP contribution is 2.23. The third kappa shape index (κ3) is 5.68. The Morgan fingerprint density at radius 3 is 2.78 bits per heavy atom. The van der Waals surface area contributed by atoms with Gasteiger partial charge in [-0.25, -0.2) is 0 Å². The molecule has 1 fully saturated rings. The number of aliphatic hydroxyl groups is 1. The number of carbonyl (C=O) groups is 1. The zero-order valence-electron chi connectivity index (χ0n) is 13.7. The van der Waals surface area contributed by atoms with E-state index in [9.17, 15) is 9.90 Å². The summed E-state index contributed by atoms with van der Waals surface area (Å²) in [5, 5.41) is 10.1. The monoisotopic (exact) mass is 340 g/mol. The highest BCUT2D eigenvalue weighted by Gasteiger charge is 2.30. The Labute approximate surface area is 142 Å². The second kappa shape index (κ2) is 8.52. The predicted octanol–water partition coefficient (Wildman–Crippen LogP) is 1.74. The van der Waals surface area contributed by atoms with Crippen LogP contribution in [0, 0.1) is 11.8 Å². The van der Waals surface area contributed by atoms with Crippen LogP contribution in [0.4, 0.5) is 0 Å². The minimum Gasteiger partial charge on any atom is -0.484 e. The van der Waals surface area contributed by atoms with Gasteiger partial charge in [0.1, 0.15) is 5.75 Å². The van der Waals surface area contributed by atoms with Crippen LogP contribution in [0.2, 0.25) is 5.02 Å². The van der Waals surface area contributed by atoms with Gasteiger partial charge in [-0.05, 0) is 50.6 Å². The molecule has 0 saturated carbocycles. The number of hydrogen-bond acceptors (Lipinski definition) is 4. The molecule has 1 amide bonds. The van der Waals surface area contributed by atoms with Crippen LogP contribution in [0.1, 0.15) is 6.42 Å². The summed E-state index contributed by atoms with van der Waals surface area (Å²) in [6, 6.07) is 7.02. The van der Waals surface area contributed by atoms with E-state index >= 15 is 0 Å². The third-order valence-corrected chi connectivity index (χ3v) is 4.25. The quantitative estimate of drug-likeness (QED) is 0.857. The first kappa shape index (κ1) is 18.0. The lowest BCUT2D eigenvalue weighted by molar-refractivity contribution is -0.136. The molecule has 2 rings (SSSR count). The van der Waals surface area contributed by atoms with E-state index in [0.29, 0.717) is 29.8 Å². The number of halogens is 1. The topological polar surface area (TPSA) is 53.0 Å². The number of rotatable bonds is 6. The number of ether oxygens (including phenoxy) is 1. The van der Waals surface area contributed by atoms with Crippen molar-refractivity contribution >= 4 is 17.5 Å². The Kier molecular flexibility index (Phi) is 6.69. The van der Waals surface area contributed by atoms with Crippen molar-refractivity contribution in [3.8, 4) is 5.75 Å². The van der Waals surface area contributed by atoms with Gasteiger partial charge in [-0.3, -0.25) is 4.79 Å². The van der Waals surface area contributed by atoms with Gasteiger partial charge in [0.15, 0.2) is 6.61 Å². The molecule has 0 unspecified atom stereocenters. The summed E-state index contributed by atoms with van der Waals surface area (Å²) in [5.41, 5.74) is 0. The van der Waals surface area contributed by atoms with Gasteiger partial charge in [-0.15, -0.1) is 0 Å². The summed E-state index contributed by atoms with van der Waals surface area (Å²) < 4.78 is 5.54. The molecule has 0 aromatic heterocycles. The fraction of sp³-hybridized carbons (Fsp3) is 0.588. The van der Waals surface area contributed by atoms with Crippen molar-refractivity contribution in [3.63, 3.8) is 0 Å². The molecule has 2 atom stereocenters. The zero-order valence-corrected chi connectivity index (χ0v) is 14.5. The Balaban J connectivity index is 1.91. The van der Waals surface area contributed by atoms with Gasteiger partial charge in [0.05, 0.1) is 0 Å². The average Bonchev–Trinajstić information content (AvgIpc) is 2.51. The van der Waals surface area contributed by atoms with Crippen molar-refractivity contribution in [3.05, 3.63) is 29.3 Å². The van der Waals surface area contributed by atoms with Crippen LogP contribution in [-0.2, 0) is 4.79 Å². The Bertz CT molecular complexity index is 524. The van der Waals surface area contributed by atoms with Crippen molar-refractivity contribution in [2.45, 2.75) is 6.42 Å². The number of piperidine rings is 1. The van der Waals surface area contributed by atoms with E-state index in [4.69, 9.17) is 16.3 Å². The van der Waals surface area contributed by atoms with E-state index in [2.05, 4.69) is 4.90 Å². The first-order valence-corrected chi connectivity index (χ1v) is 8.27. The first-order valence-electron chi connectivity index (χ1n) is 7.89. The van der Waals surface area contributed by atoms with E-state index in [-0.39, 0.29) is 25.0 Å². The maximum atomic E-state index is 12.4. The van der Waals surface area contributed by atoms with Crippen LogP contribution in [0.15, 0.2) is 24.3 Å². The first-order chi connectivity index (χ1) is 11.0. The number of nitrogens with zero attached hydrogens (tertiary/aromatic N) is 2.